The van der Waals surface area contributed by atoms with Gasteiger partial charge in [0.05, 0.1) is 0 Å². The van der Waals surface area contributed by atoms with Crippen LogP contribution in [-0.2, 0) is 13.6 Å². The Kier molecular flexibility index (Phi) is 8.13. The second kappa shape index (κ2) is 10.8. The van der Waals surface area contributed by atoms with E-state index in [-0.39, 0.29) is 0 Å². The van der Waals surface area contributed by atoms with Crippen molar-refractivity contribution < 1.29 is 0 Å². The minimum atomic E-state index is 0.508. The van der Waals surface area contributed by atoms with E-state index >= 15 is 0 Å². The molecule has 0 atom stereocenters. The predicted octanol–water partition coefficient (Wildman–Crippen LogP) is 2.76. The molecule has 158 valence electrons. The van der Waals surface area contributed by atoms with Crippen LogP contribution in [0, 0.1) is 6.92 Å². The fourth-order valence-electron chi connectivity index (χ4n) is 4.32. The molecule has 0 aromatic carbocycles. The van der Waals surface area contributed by atoms with Crippen LogP contribution in [0.5, 0.6) is 0 Å². The number of nitrogens with zero attached hydrogens (tertiary/aromatic N) is 5. The van der Waals surface area contributed by atoms with Gasteiger partial charge >= 0.3 is 0 Å². The van der Waals surface area contributed by atoms with E-state index in [2.05, 4.69) is 32.7 Å². The Morgan fingerprint density at radius 2 is 1.86 bits per heavy atom. The van der Waals surface area contributed by atoms with Gasteiger partial charge in [0.25, 0.3) is 0 Å². The van der Waals surface area contributed by atoms with Gasteiger partial charge in [-0.15, -0.1) is 10.2 Å². The number of aliphatic imine (C=N–C) groups is 1. The van der Waals surface area contributed by atoms with Crippen molar-refractivity contribution >= 4 is 5.96 Å². The van der Waals surface area contributed by atoms with Crippen LogP contribution in [0.3, 0.4) is 0 Å². The Labute approximate surface area is 170 Å². The summed E-state index contributed by atoms with van der Waals surface area (Å²) in [6, 6.07) is 1.35. The van der Waals surface area contributed by atoms with Gasteiger partial charge in [-0.25, -0.2) is 4.99 Å². The van der Waals surface area contributed by atoms with E-state index in [4.69, 9.17) is 4.99 Å². The summed E-state index contributed by atoms with van der Waals surface area (Å²) in [6.45, 7) is 8.13. The predicted molar refractivity (Wildman–Crippen MR) is 114 cm³/mol. The zero-order valence-corrected chi connectivity index (χ0v) is 18.1. The zero-order valence-electron chi connectivity index (χ0n) is 18.1. The van der Waals surface area contributed by atoms with Crippen molar-refractivity contribution in [3.05, 3.63) is 11.6 Å². The standard InChI is InChI=1S/C21H39N7/c1-4-5-13-22-21(23-16-20-26-25-17(2)27(20)3)24-18-11-14-28(15-12-18)19-9-7-6-8-10-19/h18-19H,4-16H2,1-3H3,(H2,22,23,24). The minimum absolute atomic E-state index is 0.508. The molecule has 1 aliphatic carbocycles. The van der Waals surface area contributed by atoms with Crippen LogP contribution in [0.2, 0.25) is 0 Å². The molecule has 3 rings (SSSR count). The van der Waals surface area contributed by atoms with E-state index in [9.17, 15) is 0 Å². The van der Waals surface area contributed by atoms with Crippen LogP contribution < -0.4 is 10.6 Å². The summed E-state index contributed by atoms with van der Waals surface area (Å²) in [7, 11) is 2.00. The molecule has 2 aliphatic rings. The third-order valence-corrected chi connectivity index (χ3v) is 6.35. The molecule has 0 spiro atoms. The molecule has 0 amide bonds. The first kappa shape index (κ1) is 21.1. The number of likely N-dealkylation sites (tertiary alicyclic amines) is 1. The van der Waals surface area contributed by atoms with Gasteiger partial charge in [0.2, 0.25) is 0 Å². The highest BCUT2D eigenvalue weighted by molar-refractivity contribution is 5.80. The number of nitrogens with one attached hydrogen (secondary N) is 2. The smallest absolute Gasteiger partial charge is 0.191 e. The van der Waals surface area contributed by atoms with Crippen molar-refractivity contribution in [3.8, 4) is 0 Å². The number of unbranched alkanes of at least 4 members (excludes halogenated alkanes) is 1. The third kappa shape index (κ3) is 5.93. The molecule has 1 aliphatic heterocycles. The lowest BCUT2D eigenvalue weighted by Crippen LogP contribution is -2.51. The quantitative estimate of drug-likeness (QED) is 0.426. The summed E-state index contributed by atoms with van der Waals surface area (Å²) in [6.07, 6.45) is 11.8. The van der Waals surface area contributed by atoms with Crippen LogP contribution in [0.15, 0.2) is 4.99 Å². The lowest BCUT2D eigenvalue weighted by molar-refractivity contribution is 0.119. The number of rotatable bonds is 7. The Morgan fingerprint density at radius 3 is 2.50 bits per heavy atom. The van der Waals surface area contributed by atoms with Crippen LogP contribution in [0.4, 0.5) is 0 Å². The first-order chi connectivity index (χ1) is 13.7. The Balaban J connectivity index is 1.52. The summed E-state index contributed by atoms with van der Waals surface area (Å²) in [4.78, 5) is 7.54. The lowest BCUT2D eigenvalue weighted by Gasteiger charge is -2.39. The second-order valence-corrected chi connectivity index (χ2v) is 8.41. The monoisotopic (exact) mass is 389 g/mol. The van der Waals surface area contributed by atoms with Gasteiger partial charge in [0.15, 0.2) is 11.8 Å². The molecule has 1 saturated heterocycles. The molecule has 1 aromatic rings. The van der Waals surface area contributed by atoms with Crippen LogP contribution in [0.1, 0.15) is 76.4 Å². The highest BCUT2D eigenvalue weighted by atomic mass is 15.3. The van der Waals surface area contributed by atoms with Gasteiger partial charge < -0.3 is 20.1 Å². The first-order valence-corrected chi connectivity index (χ1v) is 11.3. The van der Waals surface area contributed by atoms with Gasteiger partial charge in [0, 0.05) is 38.8 Å². The molecule has 7 nitrogen and oxygen atoms in total. The molecule has 0 bridgehead atoms. The van der Waals surface area contributed by atoms with Crippen molar-refractivity contribution in [3.63, 3.8) is 0 Å². The van der Waals surface area contributed by atoms with Crippen molar-refractivity contribution in [1.82, 2.24) is 30.3 Å². The van der Waals surface area contributed by atoms with Gasteiger partial charge in [0.1, 0.15) is 12.4 Å². The molecular formula is C21H39N7. The number of hydrogen-bond acceptors (Lipinski definition) is 4. The summed E-state index contributed by atoms with van der Waals surface area (Å²) in [5.41, 5.74) is 0. The largest absolute Gasteiger partial charge is 0.356 e. The molecule has 28 heavy (non-hydrogen) atoms. The number of piperidine rings is 1. The summed E-state index contributed by atoms with van der Waals surface area (Å²) >= 11 is 0. The topological polar surface area (TPSA) is 70.4 Å². The number of guanidine groups is 1. The normalized spacial score (nSPS) is 20.5. The average Bonchev–Trinajstić information content (AvgIpc) is 3.05. The molecular weight excluding hydrogens is 350 g/mol. The van der Waals surface area contributed by atoms with Crippen molar-refractivity contribution in [2.75, 3.05) is 19.6 Å². The zero-order chi connectivity index (χ0) is 19.8. The highest BCUT2D eigenvalue weighted by Crippen LogP contribution is 2.25. The minimum Gasteiger partial charge on any atom is -0.356 e. The van der Waals surface area contributed by atoms with Gasteiger partial charge in [-0.3, -0.25) is 0 Å². The van der Waals surface area contributed by atoms with Crippen LogP contribution in [-0.4, -0.2) is 57.3 Å². The summed E-state index contributed by atoms with van der Waals surface area (Å²) in [5.74, 6) is 2.75. The van der Waals surface area contributed by atoms with E-state index in [1.54, 1.807) is 0 Å². The van der Waals surface area contributed by atoms with E-state index in [1.807, 2.05) is 18.5 Å². The van der Waals surface area contributed by atoms with Crippen molar-refractivity contribution in [2.24, 2.45) is 12.0 Å². The number of hydrogen-bond donors (Lipinski definition) is 2. The van der Waals surface area contributed by atoms with Crippen LogP contribution in [0.25, 0.3) is 0 Å². The Morgan fingerprint density at radius 1 is 1.11 bits per heavy atom. The maximum Gasteiger partial charge on any atom is 0.191 e. The molecule has 0 unspecified atom stereocenters. The van der Waals surface area contributed by atoms with E-state index in [1.165, 1.54) is 64.5 Å². The highest BCUT2D eigenvalue weighted by Gasteiger charge is 2.26. The van der Waals surface area contributed by atoms with E-state index in [0.717, 1.165) is 36.6 Å². The molecule has 0 radical (unpaired) electrons. The maximum absolute atomic E-state index is 4.80. The molecule has 7 heteroatoms. The fourth-order valence-corrected chi connectivity index (χ4v) is 4.32. The summed E-state index contributed by atoms with van der Waals surface area (Å²) < 4.78 is 2.01. The Hall–Kier alpha value is -1.63. The lowest BCUT2D eigenvalue weighted by atomic mass is 9.92. The second-order valence-electron chi connectivity index (χ2n) is 8.41. The SMILES string of the molecule is CCCCNC(=NCc1nnc(C)n1C)NC1CCN(C2CCCCC2)CC1. The molecule has 1 saturated carbocycles. The number of aryl methyl sites for hydroxylation is 1. The number of aromatic nitrogens is 3. The van der Waals surface area contributed by atoms with Crippen molar-refractivity contribution in [2.45, 2.75) is 90.3 Å². The van der Waals surface area contributed by atoms with Crippen molar-refractivity contribution in [1.29, 1.82) is 0 Å². The third-order valence-electron chi connectivity index (χ3n) is 6.35. The van der Waals surface area contributed by atoms with Gasteiger partial charge in [-0.2, -0.15) is 0 Å². The average molecular weight is 390 g/mol. The van der Waals surface area contributed by atoms with Gasteiger partial charge in [-0.05, 0) is 39.0 Å². The maximum atomic E-state index is 4.80. The van der Waals surface area contributed by atoms with E-state index < -0.39 is 0 Å². The molecule has 2 N–H and O–H groups in total. The molecule has 2 fully saturated rings. The van der Waals surface area contributed by atoms with Crippen LogP contribution >= 0.6 is 0 Å². The van der Waals surface area contributed by atoms with Gasteiger partial charge in [-0.1, -0.05) is 32.6 Å². The Bertz CT molecular complexity index is 610. The first-order valence-electron chi connectivity index (χ1n) is 11.3. The molecule has 1 aromatic heterocycles. The molecule has 2 heterocycles. The summed E-state index contributed by atoms with van der Waals surface area (Å²) in [5, 5.41) is 15.6. The fraction of sp³-hybridized carbons (Fsp3) is 0.857. The van der Waals surface area contributed by atoms with E-state index in [0.29, 0.717) is 12.6 Å².